The lowest BCUT2D eigenvalue weighted by Gasteiger charge is -2.38. The standard InChI is InChI=1S/C22H33N3O3/c1-17-13-18(2)15-25(14-17)21(26)16-23-9-11-24(12-10-23)22(27)19(3)28-20-7-5-4-6-8-20/h4-8,17-19H,9-16H2,1-3H3. The molecule has 1 aromatic carbocycles. The van der Waals surface area contributed by atoms with Gasteiger partial charge in [0, 0.05) is 39.3 Å². The molecule has 2 saturated heterocycles. The normalized spacial score (nSPS) is 24.7. The molecule has 0 aliphatic carbocycles. The van der Waals surface area contributed by atoms with Gasteiger partial charge in [0.2, 0.25) is 5.91 Å². The van der Waals surface area contributed by atoms with E-state index in [-0.39, 0.29) is 11.8 Å². The third-order valence-corrected chi connectivity index (χ3v) is 5.67. The second kappa shape index (κ2) is 9.41. The van der Waals surface area contributed by atoms with Gasteiger partial charge < -0.3 is 14.5 Å². The summed E-state index contributed by atoms with van der Waals surface area (Å²) in [7, 11) is 0. The van der Waals surface area contributed by atoms with Gasteiger partial charge >= 0.3 is 0 Å². The van der Waals surface area contributed by atoms with Crippen molar-refractivity contribution in [1.82, 2.24) is 14.7 Å². The smallest absolute Gasteiger partial charge is 0.263 e. The van der Waals surface area contributed by atoms with Crippen LogP contribution in [0.5, 0.6) is 5.75 Å². The van der Waals surface area contributed by atoms with Crippen LogP contribution in [0.2, 0.25) is 0 Å². The van der Waals surface area contributed by atoms with Gasteiger partial charge in [-0.15, -0.1) is 0 Å². The molecular formula is C22H33N3O3. The molecular weight excluding hydrogens is 354 g/mol. The number of para-hydroxylation sites is 1. The summed E-state index contributed by atoms with van der Waals surface area (Å²) in [6.07, 6.45) is 0.695. The lowest BCUT2D eigenvalue weighted by Crippen LogP contribution is -2.54. The van der Waals surface area contributed by atoms with Crippen molar-refractivity contribution in [2.45, 2.75) is 33.3 Å². The van der Waals surface area contributed by atoms with Crippen molar-refractivity contribution in [3.8, 4) is 5.75 Å². The summed E-state index contributed by atoms with van der Waals surface area (Å²) in [5.41, 5.74) is 0. The first kappa shape index (κ1) is 20.6. The second-order valence-electron chi connectivity index (χ2n) is 8.42. The Morgan fingerprint density at radius 1 is 1.00 bits per heavy atom. The number of ether oxygens (including phenoxy) is 1. The van der Waals surface area contributed by atoms with Crippen molar-refractivity contribution in [3.63, 3.8) is 0 Å². The maximum atomic E-state index is 12.7. The average molecular weight is 388 g/mol. The topological polar surface area (TPSA) is 53.1 Å². The van der Waals surface area contributed by atoms with Crippen LogP contribution in [0.3, 0.4) is 0 Å². The number of piperidine rings is 1. The minimum absolute atomic E-state index is 0.00788. The molecule has 0 aromatic heterocycles. The van der Waals surface area contributed by atoms with Gasteiger partial charge in [-0.2, -0.15) is 0 Å². The van der Waals surface area contributed by atoms with Crippen LogP contribution in [-0.2, 0) is 9.59 Å². The largest absolute Gasteiger partial charge is 0.481 e. The number of hydrogen-bond donors (Lipinski definition) is 0. The van der Waals surface area contributed by atoms with E-state index in [9.17, 15) is 9.59 Å². The Kier molecular flexibility index (Phi) is 6.94. The maximum absolute atomic E-state index is 12.7. The van der Waals surface area contributed by atoms with E-state index < -0.39 is 6.10 Å². The van der Waals surface area contributed by atoms with Crippen LogP contribution in [0.4, 0.5) is 0 Å². The molecule has 2 fully saturated rings. The molecule has 0 N–H and O–H groups in total. The van der Waals surface area contributed by atoms with Crippen molar-refractivity contribution >= 4 is 11.8 Å². The molecule has 2 heterocycles. The van der Waals surface area contributed by atoms with E-state index in [0.29, 0.717) is 37.2 Å². The molecule has 28 heavy (non-hydrogen) atoms. The first-order valence-electron chi connectivity index (χ1n) is 10.4. The Hall–Kier alpha value is -2.08. The predicted octanol–water partition coefficient (Wildman–Crippen LogP) is 2.10. The van der Waals surface area contributed by atoms with Crippen LogP contribution in [0.15, 0.2) is 30.3 Å². The van der Waals surface area contributed by atoms with E-state index in [1.165, 1.54) is 6.42 Å². The van der Waals surface area contributed by atoms with Gasteiger partial charge in [0.05, 0.1) is 6.54 Å². The lowest BCUT2D eigenvalue weighted by molar-refractivity contribution is -0.140. The number of piperazine rings is 1. The number of amides is 2. The number of carbonyl (C=O) groups is 2. The van der Waals surface area contributed by atoms with Crippen molar-refractivity contribution in [2.24, 2.45) is 11.8 Å². The van der Waals surface area contributed by atoms with Gasteiger partial charge in [-0.3, -0.25) is 14.5 Å². The van der Waals surface area contributed by atoms with Gasteiger partial charge in [-0.1, -0.05) is 32.0 Å². The number of carbonyl (C=O) groups excluding carboxylic acids is 2. The molecule has 0 radical (unpaired) electrons. The summed E-state index contributed by atoms with van der Waals surface area (Å²) in [5.74, 6) is 2.09. The van der Waals surface area contributed by atoms with Gasteiger partial charge in [0.25, 0.3) is 5.91 Å². The molecule has 2 aliphatic rings. The zero-order valence-electron chi connectivity index (χ0n) is 17.3. The highest BCUT2D eigenvalue weighted by molar-refractivity contribution is 5.81. The van der Waals surface area contributed by atoms with Gasteiger partial charge in [0.1, 0.15) is 5.75 Å². The minimum atomic E-state index is -0.507. The maximum Gasteiger partial charge on any atom is 0.263 e. The molecule has 6 heteroatoms. The van der Waals surface area contributed by atoms with Crippen molar-refractivity contribution in [3.05, 3.63) is 30.3 Å². The summed E-state index contributed by atoms with van der Waals surface area (Å²) in [6, 6.07) is 9.43. The fraction of sp³-hybridized carbons (Fsp3) is 0.636. The Bertz CT molecular complexity index is 648. The zero-order chi connectivity index (χ0) is 20.1. The summed E-state index contributed by atoms with van der Waals surface area (Å²) in [6.45, 7) is 11.2. The second-order valence-corrected chi connectivity index (χ2v) is 8.42. The number of hydrogen-bond acceptors (Lipinski definition) is 4. The molecule has 6 nitrogen and oxygen atoms in total. The van der Waals surface area contributed by atoms with Crippen molar-refractivity contribution in [1.29, 1.82) is 0 Å². The van der Waals surface area contributed by atoms with Gasteiger partial charge in [-0.05, 0) is 37.3 Å². The number of nitrogens with zero attached hydrogens (tertiary/aromatic N) is 3. The molecule has 154 valence electrons. The molecule has 2 aliphatic heterocycles. The molecule has 0 saturated carbocycles. The van der Waals surface area contributed by atoms with Crippen LogP contribution in [-0.4, -0.2) is 78.4 Å². The van der Waals surface area contributed by atoms with E-state index in [2.05, 4.69) is 18.7 Å². The van der Waals surface area contributed by atoms with Crippen LogP contribution >= 0.6 is 0 Å². The summed E-state index contributed by atoms with van der Waals surface area (Å²) >= 11 is 0. The van der Waals surface area contributed by atoms with Crippen molar-refractivity contribution in [2.75, 3.05) is 45.8 Å². The minimum Gasteiger partial charge on any atom is -0.481 e. The van der Waals surface area contributed by atoms with E-state index >= 15 is 0 Å². The zero-order valence-corrected chi connectivity index (χ0v) is 17.3. The highest BCUT2D eigenvalue weighted by Crippen LogP contribution is 2.21. The molecule has 0 bridgehead atoms. The molecule has 0 spiro atoms. The summed E-state index contributed by atoms with van der Waals surface area (Å²) in [5, 5.41) is 0. The highest BCUT2D eigenvalue weighted by Gasteiger charge is 2.29. The third kappa shape index (κ3) is 5.47. The Morgan fingerprint density at radius 3 is 2.21 bits per heavy atom. The van der Waals surface area contributed by atoms with Crippen molar-refractivity contribution < 1.29 is 14.3 Å². The van der Waals surface area contributed by atoms with E-state index in [1.807, 2.05) is 40.1 Å². The third-order valence-electron chi connectivity index (χ3n) is 5.67. The summed E-state index contributed by atoms with van der Waals surface area (Å²) < 4.78 is 5.75. The van der Waals surface area contributed by atoms with Gasteiger partial charge in [-0.25, -0.2) is 0 Å². The number of rotatable bonds is 5. The van der Waals surface area contributed by atoms with E-state index in [1.54, 1.807) is 6.92 Å². The van der Waals surface area contributed by atoms with E-state index in [0.717, 1.165) is 26.2 Å². The predicted molar refractivity (Wildman–Crippen MR) is 109 cm³/mol. The molecule has 2 amide bonds. The Balaban J connectivity index is 1.43. The molecule has 3 unspecified atom stereocenters. The lowest BCUT2D eigenvalue weighted by atomic mass is 9.92. The van der Waals surface area contributed by atoms with Gasteiger partial charge in [0.15, 0.2) is 6.10 Å². The number of likely N-dealkylation sites (tertiary alicyclic amines) is 1. The van der Waals surface area contributed by atoms with E-state index in [4.69, 9.17) is 4.74 Å². The fourth-order valence-corrected chi connectivity index (χ4v) is 4.29. The molecule has 3 atom stereocenters. The van der Waals surface area contributed by atoms with Crippen LogP contribution in [0.25, 0.3) is 0 Å². The first-order valence-corrected chi connectivity index (χ1v) is 10.4. The van der Waals surface area contributed by atoms with Crippen LogP contribution < -0.4 is 4.74 Å². The quantitative estimate of drug-likeness (QED) is 0.777. The SMILES string of the molecule is CC1CC(C)CN(C(=O)CN2CCN(C(=O)C(C)Oc3ccccc3)CC2)C1. The highest BCUT2D eigenvalue weighted by atomic mass is 16.5. The Morgan fingerprint density at radius 2 is 1.61 bits per heavy atom. The molecule has 3 rings (SSSR count). The number of benzene rings is 1. The van der Waals surface area contributed by atoms with Crippen LogP contribution in [0.1, 0.15) is 27.2 Å². The van der Waals surface area contributed by atoms with Crippen LogP contribution in [0, 0.1) is 11.8 Å². The average Bonchev–Trinajstić information content (AvgIpc) is 2.68. The monoisotopic (exact) mass is 387 g/mol. The first-order chi connectivity index (χ1) is 13.4. The molecule has 1 aromatic rings. The summed E-state index contributed by atoms with van der Waals surface area (Å²) in [4.78, 5) is 31.4. The fourth-order valence-electron chi connectivity index (χ4n) is 4.29. The Labute approximate surface area is 168 Å².